The molecule has 27 heavy (non-hydrogen) atoms. The van der Waals surface area contributed by atoms with Crippen molar-refractivity contribution in [3.8, 4) is 0 Å². The van der Waals surface area contributed by atoms with Gasteiger partial charge in [0.1, 0.15) is 0 Å². The molecule has 3 rings (SSSR count). The predicted molar refractivity (Wildman–Crippen MR) is 124 cm³/mol. The summed E-state index contributed by atoms with van der Waals surface area (Å²) in [5.41, 5.74) is 0. The zero-order chi connectivity index (χ0) is 31.8. The molecule has 0 nitrogen and oxygen atoms in total. The molecule has 0 bridgehead atoms. The molecule has 0 aromatic heterocycles. The van der Waals surface area contributed by atoms with Gasteiger partial charge in [-0.15, -0.1) is 0 Å². The highest BCUT2D eigenvalue weighted by molar-refractivity contribution is 4.69. The van der Waals surface area contributed by atoms with Crippen LogP contribution in [0, 0.1) is 35.5 Å². The van der Waals surface area contributed by atoms with Crippen LogP contribution in [0.1, 0.15) is 155 Å². The largest absolute Gasteiger partial charge is 0.0625 e. The molecule has 0 heterocycles. The summed E-state index contributed by atoms with van der Waals surface area (Å²) in [4.78, 5) is 0. The Morgan fingerprint density at radius 1 is 0.556 bits per heavy atom. The second-order valence-electron chi connectivity index (χ2n) is 9.17. The fraction of sp³-hybridized carbons (Fsp3) is 1.00. The Kier molecular flexibility index (Phi) is 6.30. The highest BCUT2D eigenvalue weighted by atomic mass is 14.2. The summed E-state index contributed by atoms with van der Waals surface area (Å²) in [5, 5.41) is 0. The van der Waals surface area contributed by atoms with E-state index in [-0.39, 0.29) is 0 Å². The molecule has 0 N–H and O–H groups in total. The van der Waals surface area contributed by atoms with E-state index >= 15 is 0 Å². The fourth-order valence-corrected chi connectivity index (χ4v) is 3.86. The Balaban J connectivity index is 0.000000334. The summed E-state index contributed by atoms with van der Waals surface area (Å²) < 4.78 is 101. The zero-order valence-corrected chi connectivity index (χ0v) is 18.8. The monoisotopic (exact) mass is 392 g/mol. The van der Waals surface area contributed by atoms with Crippen molar-refractivity contribution in [1.29, 1.82) is 0 Å². The molecule has 0 unspecified atom stereocenters. The molecule has 0 heteroatoms. The lowest BCUT2D eigenvalue weighted by Gasteiger charge is -2.24. The van der Waals surface area contributed by atoms with Crippen molar-refractivity contribution in [2.24, 2.45) is 35.5 Å². The summed E-state index contributed by atoms with van der Waals surface area (Å²) in [6.07, 6.45) is -6.25. The molecule has 0 atom stereocenters. The molecule has 162 valence electrons. The van der Waals surface area contributed by atoms with Gasteiger partial charge in [-0.1, -0.05) is 138 Å². The maximum absolute atomic E-state index is 8.17. The van der Waals surface area contributed by atoms with E-state index in [1.807, 2.05) is 0 Å². The van der Waals surface area contributed by atoms with Crippen LogP contribution in [0.2, 0.25) is 0 Å². The van der Waals surface area contributed by atoms with Crippen molar-refractivity contribution in [2.75, 3.05) is 0 Å². The third-order valence-corrected chi connectivity index (χ3v) is 6.02. The molecular formula is C27H54. The van der Waals surface area contributed by atoms with Gasteiger partial charge >= 0.3 is 0 Å². The normalized spacial score (nSPS) is 42.5. The molecule has 3 fully saturated rings. The Labute approximate surface area is 191 Å². The van der Waals surface area contributed by atoms with Crippen LogP contribution < -0.4 is 0 Å². The molecule has 0 aromatic rings. The molecule has 0 saturated heterocycles. The molecule has 0 amide bonds. The second-order valence-corrected chi connectivity index (χ2v) is 9.17. The first kappa shape index (κ1) is 11.4. The van der Waals surface area contributed by atoms with E-state index in [1.54, 1.807) is 0 Å². The Bertz CT molecular complexity index is 756. The van der Waals surface area contributed by atoms with Gasteiger partial charge in [0.25, 0.3) is 0 Å². The first-order chi connectivity index (χ1) is 17.8. The van der Waals surface area contributed by atoms with Crippen LogP contribution in [-0.2, 0) is 0 Å². The fourth-order valence-electron chi connectivity index (χ4n) is 3.86. The van der Waals surface area contributed by atoms with Crippen molar-refractivity contribution in [3.63, 3.8) is 0 Å². The van der Waals surface area contributed by atoms with E-state index < -0.39 is 50.0 Å². The number of rotatable bonds is 3. The SMILES string of the molecule is CC(C)C1CCCCC1.[2H]C1([2H])C([2H])([2H])C([2H])([2H])C([2H])(C(C)C)C([2H])([2H])C1([2H])[2H].[2H]C1([2H])CCC(C(C)C)CC1. The Morgan fingerprint density at radius 3 is 1.37 bits per heavy atom. The van der Waals surface area contributed by atoms with Crippen molar-refractivity contribution >= 4 is 0 Å². The van der Waals surface area contributed by atoms with Gasteiger partial charge in [0.15, 0.2) is 0 Å². The lowest BCUT2D eigenvalue weighted by Crippen LogP contribution is -2.12. The minimum atomic E-state index is -3.42. The summed E-state index contributed by atoms with van der Waals surface area (Å²) in [6, 6.07) is 0. The van der Waals surface area contributed by atoms with E-state index in [2.05, 4.69) is 27.7 Å². The minimum absolute atomic E-state index is 0.742. The van der Waals surface area contributed by atoms with E-state index in [4.69, 9.17) is 17.8 Å². The van der Waals surface area contributed by atoms with Crippen molar-refractivity contribution < 1.29 is 17.8 Å². The van der Waals surface area contributed by atoms with Crippen LogP contribution in [0.25, 0.3) is 0 Å². The summed E-state index contributed by atoms with van der Waals surface area (Å²) in [6.45, 7) is 11.8. The standard InChI is InChI=1S/3C9H18/c3*1-8(2)9-6-4-3-5-7-9/h3*8-9H,3-7H2,1-2H3/i3D2,4D2,5D2,6D2,7D2,9D;3D2;. The van der Waals surface area contributed by atoms with Gasteiger partial charge in [-0.25, -0.2) is 0 Å². The van der Waals surface area contributed by atoms with Crippen LogP contribution in [0.15, 0.2) is 0 Å². The topological polar surface area (TPSA) is 0 Å². The summed E-state index contributed by atoms with van der Waals surface area (Å²) >= 11 is 0. The van der Waals surface area contributed by atoms with Gasteiger partial charge < -0.3 is 0 Å². The molecule has 0 spiro atoms. The van der Waals surface area contributed by atoms with Gasteiger partial charge in [0, 0.05) is 17.8 Å². The third-order valence-electron chi connectivity index (χ3n) is 6.02. The van der Waals surface area contributed by atoms with E-state index in [0.29, 0.717) is 0 Å². The average molecular weight is 392 g/mol. The Morgan fingerprint density at radius 2 is 1.00 bits per heavy atom. The van der Waals surface area contributed by atoms with Crippen molar-refractivity contribution in [2.45, 2.75) is 138 Å². The van der Waals surface area contributed by atoms with Gasteiger partial charge in [0.05, 0.1) is 0 Å². The molecule has 0 radical (unpaired) electrons. The summed E-state index contributed by atoms with van der Waals surface area (Å²) in [5.74, 6) is -0.332. The van der Waals surface area contributed by atoms with Gasteiger partial charge in [-0.2, -0.15) is 0 Å². The van der Waals surface area contributed by atoms with Gasteiger partial charge in [-0.05, 0) is 35.5 Å². The lowest BCUT2D eigenvalue weighted by atomic mass is 9.82. The molecule has 0 aromatic carbocycles. The zero-order valence-electron chi connectivity index (χ0n) is 31.8. The highest BCUT2D eigenvalue weighted by Gasteiger charge is 2.17. The quantitative estimate of drug-likeness (QED) is 0.449. The number of hydrogen-bond donors (Lipinski definition) is 0. The lowest BCUT2D eigenvalue weighted by molar-refractivity contribution is 0.279. The maximum Gasteiger partial charge on any atom is 0.0305 e. The summed E-state index contributed by atoms with van der Waals surface area (Å²) in [7, 11) is 0. The van der Waals surface area contributed by atoms with Crippen molar-refractivity contribution in [3.05, 3.63) is 0 Å². The van der Waals surface area contributed by atoms with Crippen LogP contribution in [0.3, 0.4) is 0 Å². The van der Waals surface area contributed by atoms with E-state index in [0.717, 1.165) is 49.4 Å². The molecule has 3 aliphatic carbocycles. The second kappa shape index (κ2) is 14.9. The first-order valence-corrected chi connectivity index (χ1v) is 11.3. The number of hydrogen-bond acceptors (Lipinski definition) is 0. The molecular weight excluding hydrogens is 324 g/mol. The van der Waals surface area contributed by atoms with Gasteiger partial charge in [-0.3, -0.25) is 0 Å². The van der Waals surface area contributed by atoms with E-state index in [9.17, 15) is 0 Å². The van der Waals surface area contributed by atoms with Crippen LogP contribution in [0.5, 0.6) is 0 Å². The first-order valence-electron chi connectivity index (χ1n) is 17.8. The third kappa shape index (κ3) is 11.6. The maximum atomic E-state index is 8.17. The minimum Gasteiger partial charge on any atom is -0.0625 e. The van der Waals surface area contributed by atoms with Crippen LogP contribution in [-0.4, -0.2) is 0 Å². The smallest absolute Gasteiger partial charge is 0.0305 e. The van der Waals surface area contributed by atoms with E-state index in [1.165, 1.54) is 46.0 Å². The van der Waals surface area contributed by atoms with Gasteiger partial charge in [0.2, 0.25) is 0 Å². The van der Waals surface area contributed by atoms with Crippen molar-refractivity contribution in [1.82, 2.24) is 0 Å². The molecule has 3 aliphatic rings. The Hall–Kier alpha value is 0. The van der Waals surface area contributed by atoms with Crippen LogP contribution >= 0.6 is 0 Å². The molecule has 0 aliphatic heterocycles. The molecule has 3 saturated carbocycles. The highest BCUT2D eigenvalue weighted by Crippen LogP contribution is 2.30. The van der Waals surface area contributed by atoms with Crippen LogP contribution in [0.4, 0.5) is 0 Å². The predicted octanol–water partition coefficient (Wildman–Crippen LogP) is 9.67. The average Bonchev–Trinajstić information content (AvgIpc) is 2.83.